The van der Waals surface area contributed by atoms with Gasteiger partial charge >= 0.3 is 0 Å². The zero-order valence-electron chi connectivity index (χ0n) is 19.8. The lowest BCUT2D eigenvalue weighted by Crippen LogP contribution is -2.18. The molecule has 0 unspecified atom stereocenters. The molecule has 0 aromatic heterocycles. The van der Waals surface area contributed by atoms with E-state index in [0.29, 0.717) is 10.7 Å². The van der Waals surface area contributed by atoms with Crippen molar-refractivity contribution in [1.82, 2.24) is 0 Å². The number of halogens is 2. The Balaban J connectivity index is 1.50. The summed E-state index contributed by atoms with van der Waals surface area (Å²) in [4.78, 5) is 13.0. The van der Waals surface area contributed by atoms with Crippen LogP contribution >= 0.6 is 23.2 Å². The Morgan fingerprint density at radius 1 is 0.684 bits per heavy atom. The van der Waals surface area contributed by atoms with Crippen LogP contribution in [0.4, 0.5) is 17.1 Å². The summed E-state index contributed by atoms with van der Waals surface area (Å²) in [5, 5.41) is 3.15. The van der Waals surface area contributed by atoms with E-state index < -0.39 is 26.0 Å². The van der Waals surface area contributed by atoms with E-state index in [2.05, 4.69) is 14.8 Å². The Morgan fingerprint density at radius 2 is 1.24 bits per heavy atom. The van der Waals surface area contributed by atoms with Crippen molar-refractivity contribution in [3.05, 3.63) is 112 Å². The summed E-state index contributed by atoms with van der Waals surface area (Å²) in [6.45, 7) is 1.84. The van der Waals surface area contributed by atoms with E-state index in [-0.39, 0.29) is 31.8 Å². The van der Waals surface area contributed by atoms with Crippen molar-refractivity contribution in [2.75, 3.05) is 14.8 Å². The molecule has 0 aliphatic heterocycles. The number of rotatable bonds is 8. The average Bonchev–Trinajstić information content (AvgIpc) is 2.86. The second kappa shape index (κ2) is 11.0. The molecule has 1 amide bonds. The minimum Gasteiger partial charge on any atom is -0.322 e. The van der Waals surface area contributed by atoms with Gasteiger partial charge in [0.25, 0.3) is 26.0 Å². The Morgan fingerprint density at radius 3 is 1.84 bits per heavy atom. The second-order valence-corrected chi connectivity index (χ2v) is 12.4. The summed E-state index contributed by atoms with van der Waals surface area (Å²) in [5.74, 6) is -0.589. The van der Waals surface area contributed by atoms with Gasteiger partial charge in [0.1, 0.15) is 0 Å². The lowest BCUT2D eigenvalue weighted by Gasteiger charge is -2.13. The number of anilines is 3. The molecule has 12 heteroatoms. The van der Waals surface area contributed by atoms with Crippen LogP contribution in [0.5, 0.6) is 0 Å². The number of para-hydroxylation sites is 1. The van der Waals surface area contributed by atoms with Gasteiger partial charge in [-0.25, -0.2) is 16.8 Å². The van der Waals surface area contributed by atoms with Crippen LogP contribution in [0.25, 0.3) is 0 Å². The highest BCUT2D eigenvalue weighted by atomic mass is 35.5. The van der Waals surface area contributed by atoms with Gasteiger partial charge < -0.3 is 5.32 Å². The van der Waals surface area contributed by atoms with Gasteiger partial charge in [0.05, 0.1) is 31.8 Å². The topological polar surface area (TPSA) is 121 Å². The Bertz CT molecular complexity index is 1710. The molecule has 0 fully saturated rings. The number of carbonyl (C=O) groups is 1. The van der Waals surface area contributed by atoms with Crippen molar-refractivity contribution in [1.29, 1.82) is 0 Å². The number of aryl methyl sites for hydroxylation is 1. The minimum atomic E-state index is -3.97. The van der Waals surface area contributed by atoms with Crippen LogP contribution in [0.1, 0.15) is 15.9 Å². The Kier molecular flexibility index (Phi) is 7.98. The third-order valence-corrected chi connectivity index (χ3v) is 8.66. The standard InChI is InChI=1S/C26H21Cl2N3O5S2/c1-17-6-11-20(12-7-17)37(33,34)30-24-5-3-2-4-22(24)26(32)29-19-9-13-21(14-10-19)38(35,36)31-25-15-8-18(27)16-23(25)28/h2-16,30-31H,1H3,(H,29,32). The molecule has 0 aliphatic carbocycles. The van der Waals surface area contributed by atoms with Crippen molar-refractivity contribution in [2.24, 2.45) is 0 Å². The fourth-order valence-electron chi connectivity index (χ4n) is 3.38. The summed E-state index contributed by atoms with van der Waals surface area (Å²) in [6, 6.07) is 22.3. The van der Waals surface area contributed by atoms with E-state index in [0.717, 1.165) is 5.56 Å². The first-order valence-electron chi connectivity index (χ1n) is 11.0. The number of carbonyl (C=O) groups excluding carboxylic acids is 1. The molecular weight excluding hydrogens is 569 g/mol. The molecule has 196 valence electrons. The van der Waals surface area contributed by atoms with E-state index in [9.17, 15) is 21.6 Å². The molecule has 38 heavy (non-hydrogen) atoms. The van der Waals surface area contributed by atoms with Crippen LogP contribution in [0.15, 0.2) is 101 Å². The monoisotopic (exact) mass is 589 g/mol. The SMILES string of the molecule is Cc1ccc(S(=O)(=O)Nc2ccccc2C(=O)Nc2ccc(S(=O)(=O)Nc3ccc(Cl)cc3Cl)cc2)cc1. The molecule has 4 aromatic carbocycles. The third kappa shape index (κ3) is 6.46. The highest BCUT2D eigenvalue weighted by Gasteiger charge is 2.20. The number of hydrogen-bond acceptors (Lipinski definition) is 5. The largest absolute Gasteiger partial charge is 0.322 e. The van der Waals surface area contributed by atoms with Crippen molar-refractivity contribution >= 4 is 66.2 Å². The number of amides is 1. The van der Waals surface area contributed by atoms with Gasteiger partial charge in [-0.2, -0.15) is 0 Å². The highest BCUT2D eigenvalue weighted by Crippen LogP contribution is 2.28. The molecule has 0 saturated heterocycles. The maximum atomic E-state index is 13.0. The summed E-state index contributed by atoms with van der Waals surface area (Å²) < 4.78 is 56.0. The molecular formula is C26H21Cl2N3O5S2. The summed E-state index contributed by atoms with van der Waals surface area (Å²) in [6.07, 6.45) is 0. The summed E-state index contributed by atoms with van der Waals surface area (Å²) in [7, 11) is -7.90. The smallest absolute Gasteiger partial charge is 0.261 e. The zero-order chi connectivity index (χ0) is 27.5. The van der Waals surface area contributed by atoms with Crippen LogP contribution < -0.4 is 14.8 Å². The van der Waals surface area contributed by atoms with Gasteiger partial charge in [-0.15, -0.1) is 0 Å². The normalized spacial score (nSPS) is 11.6. The number of hydrogen-bond donors (Lipinski definition) is 3. The number of sulfonamides is 2. The molecule has 0 atom stereocenters. The van der Waals surface area contributed by atoms with Crippen molar-refractivity contribution in [3.8, 4) is 0 Å². The summed E-state index contributed by atoms with van der Waals surface area (Å²) in [5.41, 5.74) is 1.55. The lowest BCUT2D eigenvalue weighted by atomic mass is 10.1. The molecule has 0 heterocycles. The predicted molar refractivity (Wildman–Crippen MR) is 150 cm³/mol. The van der Waals surface area contributed by atoms with E-state index in [1.165, 1.54) is 66.7 Å². The van der Waals surface area contributed by atoms with Gasteiger partial charge in [0, 0.05) is 10.7 Å². The van der Waals surface area contributed by atoms with Crippen LogP contribution in [-0.4, -0.2) is 22.7 Å². The summed E-state index contributed by atoms with van der Waals surface area (Å²) >= 11 is 11.9. The van der Waals surface area contributed by atoms with Crippen molar-refractivity contribution in [2.45, 2.75) is 16.7 Å². The van der Waals surface area contributed by atoms with Crippen LogP contribution in [0, 0.1) is 6.92 Å². The molecule has 0 aliphatic rings. The highest BCUT2D eigenvalue weighted by molar-refractivity contribution is 7.93. The van der Waals surface area contributed by atoms with Crippen LogP contribution in [0.2, 0.25) is 10.0 Å². The van der Waals surface area contributed by atoms with Crippen LogP contribution in [-0.2, 0) is 20.0 Å². The fraction of sp³-hybridized carbons (Fsp3) is 0.0385. The molecule has 3 N–H and O–H groups in total. The minimum absolute atomic E-state index is 0.0589. The van der Waals surface area contributed by atoms with Gasteiger partial charge in [0.15, 0.2) is 0 Å². The number of nitrogens with one attached hydrogen (secondary N) is 3. The van der Waals surface area contributed by atoms with Crippen LogP contribution in [0.3, 0.4) is 0 Å². The first-order chi connectivity index (χ1) is 17.9. The molecule has 0 bridgehead atoms. The Hall–Kier alpha value is -3.57. The van der Waals surface area contributed by atoms with Gasteiger partial charge in [-0.3, -0.25) is 14.2 Å². The van der Waals surface area contributed by atoms with E-state index in [4.69, 9.17) is 23.2 Å². The Labute approximate surface area is 230 Å². The quantitative estimate of drug-likeness (QED) is 0.227. The lowest BCUT2D eigenvalue weighted by molar-refractivity contribution is 0.102. The number of benzene rings is 4. The molecule has 4 rings (SSSR count). The van der Waals surface area contributed by atoms with Gasteiger partial charge in [-0.1, -0.05) is 53.0 Å². The van der Waals surface area contributed by atoms with E-state index in [1.54, 1.807) is 24.3 Å². The van der Waals surface area contributed by atoms with E-state index in [1.807, 2.05) is 6.92 Å². The maximum Gasteiger partial charge on any atom is 0.261 e. The van der Waals surface area contributed by atoms with Gasteiger partial charge in [0.2, 0.25) is 0 Å². The molecule has 0 radical (unpaired) electrons. The third-order valence-electron chi connectivity index (χ3n) is 5.35. The second-order valence-electron chi connectivity index (χ2n) is 8.17. The molecule has 0 saturated carbocycles. The van der Waals surface area contributed by atoms with E-state index >= 15 is 0 Å². The fourth-order valence-corrected chi connectivity index (χ4v) is 6.05. The van der Waals surface area contributed by atoms with Crippen molar-refractivity contribution < 1.29 is 21.6 Å². The van der Waals surface area contributed by atoms with Crippen molar-refractivity contribution in [3.63, 3.8) is 0 Å². The first kappa shape index (κ1) is 27.5. The molecule has 4 aromatic rings. The molecule has 8 nitrogen and oxygen atoms in total. The predicted octanol–water partition coefficient (Wildman–Crippen LogP) is 6.16. The first-order valence-corrected chi connectivity index (χ1v) is 14.7. The zero-order valence-corrected chi connectivity index (χ0v) is 22.9. The molecule has 0 spiro atoms. The average molecular weight is 591 g/mol. The maximum absolute atomic E-state index is 13.0. The van der Waals surface area contributed by atoms with Gasteiger partial charge in [-0.05, 0) is 73.7 Å².